The van der Waals surface area contributed by atoms with E-state index >= 15 is 0 Å². The second kappa shape index (κ2) is 11.1. The molecule has 4 heterocycles. The second-order valence-electron chi connectivity index (χ2n) is 10.9. The summed E-state index contributed by atoms with van der Waals surface area (Å²) in [5, 5.41) is 11.9. The summed E-state index contributed by atoms with van der Waals surface area (Å²) in [6.45, 7) is 5.07. The van der Waals surface area contributed by atoms with Crippen molar-refractivity contribution in [2.45, 2.75) is 44.7 Å². The summed E-state index contributed by atoms with van der Waals surface area (Å²) in [4.78, 5) is 21.4. The minimum atomic E-state index is -4.33. The Hall–Kier alpha value is -3.91. The second-order valence-corrected chi connectivity index (χ2v) is 11.9. The van der Waals surface area contributed by atoms with Crippen molar-refractivity contribution >= 4 is 32.5 Å². The van der Waals surface area contributed by atoms with Crippen molar-refractivity contribution in [1.29, 1.82) is 0 Å². The van der Waals surface area contributed by atoms with Crippen molar-refractivity contribution in [2.75, 3.05) is 31.2 Å². The van der Waals surface area contributed by atoms with E-state index in [1.807, 2.05) is 25.1 Å². The Morgan fingerprint density at radius 2 is 1.93 bits per heavy atom. The first kappa shape index (κ1) is 28.2. The van der Waals surface area contributed by atoms with Crippen LogP contribution in [-0.4, -0.2) is 51.4 Å². The zero-order valence-corrected chi connectivity index (χ0v) is 23.5. The van der Waals surface area contributed by atoms with Crippen LogP contribution in [0.2, 0.25) is 0 Å². The minimum absolute atomic E-state index is 0.213. The van der Waals surface area contributed by atoms with Crippen molar-refractivity contribution in [2.24, 2.45) is 5.92 Å². The van der Waals surface area contributed by atoms with E-state index in [9.17, 15) is 23.3 Å². The molecule has 222 valence electrons. The van der Waals surface area contributed by atoms with Gasteiger partial charge in [0, 0.05) is 24.7 Å². The fourth-order valence-corrected chi connectivity index (χ4v) is 6.18. The van der Waals surface area contributed by atoms with E-state index in [-0.39, 0.29) is 18.4 Å². The smallest absolute Gasteiger partial charge is 0.416 e. The molecule has 0 aliphatic carbocycles. The van der Waals surface area contributed by atoms with E-state index in [1.165, 1.54) is 18.3 Å². The number of halogens is 3. The molecular formula is C28H28F3N5O5S. The van der Waals surface area contributed by atoms with E-state index in [4.69, 9.17) is 19.2 Å². The van der Waals surface area contributed by atoms with Gasteiger partial charge in [0.1, 0.15) is 18.6 Å². The zero-order chi connectivity index (χ0) is 29.5. The van der Waals surface area contributed by atoms with Crippen molar-refractivity contribution in [3.63, 3.8) is 0 Å². The molecule has 0 amide bonds. The van der Waals surface area contributed by atoms with Gasteiger partial charge in [-0.25, -0.2) is 4.98 Å². The summed E-state index contributed by atoms with van der Waals surface area (Å²) >= 11 is 1.60. The van der Waals surface area contributed by atoms with E-state index in [0.29, 0.717) is 31.4 Å². The largest absolute Gasteiger partial charge is 0.489 e. The molecule has 2 aliphatic heterocycles. The maximum absolute atomic E-state index is 12.7. The predicted octanol–water partition coefficient (Wildman–Crippen LogP) is 6.08. The molecule has 1 atom stereocenters. The Labute approximate surface area is 242 Å². The van der Waals surface area contributed by atoms with Gasteiger partial charge in [-0.1, -0.05) is 23.5 Å². The number of anilines is 1. The van der Waals surface area contributed by atoms with Gasteiger partial charge in [-0.2, -0.15) is 13.2 Å². The van der Waals surface area contributed by atoms with Crippen LogP contribution in [-0.2, 0) is 24.1 Å². The number of hydrogen-bond acceptors (Lipinski definition) is 9. The fourth-order valence-electron chi connectivity index (χ4n) is 5.13. The highest BCUT2D eigenvalue weighted by molar-refractivity contribution is 7.22. The first-order valence-corrected chi connectivity index (χ1v) is 14.3. The number of nitro groups is 1. The third-order valence-corrected chi connectivity index (χ3v) is 8.52. The zero-order valence-electron chi connectivity index (χ0n) is 22.7. The third kappa shape index (κ3) is 6.14. The Morgan fingerprint density at radius 1 is 1.17 bits per heavy atom. The van der Waals surface area contributed by atoms with Crippen molar-refractivity contribution in [1.82, 2.24) is 14.5 Å². The van der Waals surface area contributed by atoms with E-state index in [0.717, 1.165) is 59.0 Å². The Morgan fingerprint density at radius 3 is 2.62 bits per heavy atom. The topological polar surface area (TPSA) is 105 Å². The normalized spacial score (nSPS) is 19.2. The van der Waals surface area contributed by atoms with Gasteiger partial charge in [0.05, 0.1) is 28.9 Å². The Kier molecular flexibility index (Phi) is 7.43. The van der Waals surface area contributed by atoms with Crippen LogP contribution < -0.4 is 14.4 Å². The number of ether oxygens (including phenoxy) is 3. The average Bonchev–Trinajstić information content (AvgIpc) is 3.64. The van der Waals surface area contributed by atoms with Crippen LogP contribution in [0.25, 0.3) is 10.2 Å². The highest BCUT2D eigenvalue weighted by Gasteiger charge is 2.41. The highest BCUT2D eigenvalue weighted by Crippen LogP contribution is 2.35. The van der Waals surface area contributed by atoms with E-state index in [2.05, 4.69) is 9.88 Å². The van der Waals surface area contributed by atoms with Gasteiger partial charge in [-0.05, 0) is 66.5 Å². The number of alkyl halides is 3. The number of rotatable bonds is 9. The molecule has 1 unspecified atom stereocenters. The number of nitrogens with zero attached hydrogens (tertiary/aromatic N) is 5. The molecule has 0 N–H and O–H groups in total. The maximum Gasteiger partial charge on any atom is 0.416 e. The predicted molar refractivity (Wildman–Crippen MR) is 149 cm³/mol. The molecule has 6 rings (SSSR count). The molecule has 1 saturated heterocycles. The molecule has 0 spiro atoms. The molecule has 0 radical (unpaired) electrons. The summed E-state index contributed by atoms with van der Waals surface area (Å²) in [6, 6.07) is 11.1. The SMILES string of the molecule is CC1(COc2ccc3nc(N4CCC(COCc5ccc(C(F)(F)F)cc5)CC4)sc3c2)Cn2cc([N+](=O)[O-])nc2O1. The van der Waals surface area contributed by atoms with Crippen LogP contribution >= 0.6 is 11.3 Å². The molecule has 14 heteroatoms. The Balaban J connectivity index is 0.976. The standard InChI is InChI=1S/C28H28F3N5O5S/c1-27(16-35-13-24(36(37)38)33-25(35)41-27)17-40-21-6-7-22-23(12-21)42-26(32-22)34-10-8-19(9-11-34)15-39-14-18-2-4-20(5-3-18)28(29,30)31/h2-7,12-13,19H,8-11,14-17H2,1H3. The molecule has 0 bridgehead atoms. The van der Waals surface area contributed by atoms with Crippen LogP contribution in [0.15, 0.2) is 48.7 Å². The number of hydrogen-bond donors (Lipinski definition) is 0. The van der Waals surface area contributed by atoms with Crippen LogP contribution in [0, 0.1) is 16.0 Å². The van der Waals surface area contributed by atoms with Crippen molar-refractivity contribution in [3.8, 4) is 11.8 Å². The molecule has 1 fully saturated rings. The fraction of sp³-hybridized carbons (Fsp3) is 0.429. The molecule has 2 aromatic carbocycles. The molecule has 2 aromatic heterocycles. The molecule has 0 saturated carbocycles. The number of thiazole rings is 1. The van der Waals surface area contributed by atoms with Crippen molar-refractivity contribution < 1.29 is 32.3 Å². The first-order valence-electron chi connectivity index (χ1n) is 13.5. The van der Waals surface area contributed by atoms with Gasteiger partial charge >= 0.3 is 18.0 Å². The molecule has 4 aromatic rings. The quantitative estimate of drug-likeness (QED) is 0.167. The lowest BCUT2D eigenvalue weighted by molar-refractivity contribution is -0.389. The monoisotopic (exact) mass is 603 g/mol. The van der Waals surface area contributed by atoms with E-state index < -0.39 is 22.3 Å². The van der Waals surface area contributed by atoms with Crippen LogP contribution in [0.4, 0.5) is 24.1 Å². The van der Waals surface area contributed by atoms with Gasteiger partial charge in [-0.15, -0.1) is 0 Å². The van der Waals surface area contributed by atoms with Gasteiger partial charge in [0.2, 0.25) is 0 Å². The maximum atomic E-state index is 12.7. The summed E-state index contributed by atoms with van der Waals surface area (Å²) in [5.41, 5.74) is 0.258. The minimum Gasteiger partial charge on any atom is -0.489 e. The highest BCUT2D eigenvalue weighted by atomic mass is 32.1. The molecule has 2 aliphatic rings. The lowest BCUT2D eigenvalue weighted by Gasteiger charge is -2.31. The summed E-state index contributed by atoms with van der Waals surface area (Å²) < 4.78 is 58.5. The van der Waals surface area contributed by atoms with Gasteiger partial charge in [0.15, 0.2) is 10.7 Å². The van der Waals surface area contributed by atoms with Gasteiger partial charge in [0.25, 0.3) is 0 Å². The van der Waals surface area contributed by atoms with Crippen LogP contribution in [0.1, 0.15) is 30.9 Å². The Bertz CT molecular complexity index is 1560. The molecular weight excluding hydrogens is 575 g/mol. The summed E-state index contributed by atoms with van der Waals surface area (Å²) in [7, 11) is 0. The average molecular weight is 604 g/mol. The van der Waals surface area contributed by atoms with Crippen LogP contribution in [0.5, 0.6) is 11.8 Å². The van der Waals surface area contributed by atoms with Gasteiger partial charge in [-0.3, -0.25) is 4.57 Å². The van der Waals surface area contributed by atoms with Crippen LogP contribution in [0.3, 0.4) is 0 Å². The number of imidazole rings is 1. The van der Waals surface area contributed by atoms with Gasteiger partial charge < -0.3 is 29.2 Å². The third-order valence-electron chi connectivity index (χ3n) is 7.44. The summed E-state index contributed by atoms with van der Waals surface area (Å²) in [5.74, 6) is 0.823. The number of piperidine rings is 1. The number of fused-ring (bicyclic) bond motifs is 2. The summed E-state index contributed by atoms with van der Waals surface area (Å²) in [6.07, 6.45) is -1.09. The number of benzene rings is 2. The first-order chi connectivity index (χ1) is 20.0. The molecule has 10 nitrogen and oxygen atoms in total. The number of aromatic nitrogens is 3. The van der Waals surface area contributed by atoms with Crippen molar-refractivity contribution in [3.05, 3.63) is 69.9 Å². The van der Waals surface area contributed by atoms with E-state index in [1.54, 1.807) is 15.9 Å². The lowest BCUT2D eigenvalue weighted by Crippen LogP contribution is -2.38. The lowest BCUT2D eigenvalue weighted by atomic mass is 9.98. The molecule has 42 heavy (non-hydrogen) atoms.